The van der Waals surface area contributed by atoms with E-state index in [1.165, 1.54) is 12.1 Å². The van der Waals surface area contributed by atoms with Gasteiger partial charge < -0.3 is 14.5 Å². The van der Waals surface area contributed by atoms with Gasteiger partial charge in [0, 0.05) is 7.05 Å². The first-order chi connectivity index (χ1) is 12.3. The van der Waals surface area contributed by atoms with Crippen LogP contribution in [0.1, 0.15) is 27.7 Å². The van der Waals surface area contributed by atoms with E-state index in [9.17, 15) is 9.18 Å². The molecule has 136 valence electrons. The lowest BCUT2D eigenvalue weighted by Crippen LogP contribution is -2.12. The molecule has 0 saturated carbocycles. The molecule has 1 amide bonds. The van der Waals surface area contributed by atoms with Crippen LogP contribution in [-0.2, 0) is 13.7 Å². The Balaban J connectivity index is 1.66. The van der Waals surface area contributed by atoms with Crippen molar-refractivity contribution in [3.63, 3.8) is 0 Å². The number of anilines is 1. The Labute approximate surface area is 154 Å². The summed E-state index contributed by atoms with van der Waals surface area (Å²) in [5, 5.41) is 7.21. The highest BCUT2D eigenvalue weighted by atomic mass is 35.5. The van der Waals surface area contributed by atoms with Gasteiger partial charge in [0.1, 0.15) is 23.9 Å². The number of hydrogen-bond donors (Lipinski definition) is 1. The van der Waals surface area contributed by atoms with E-state index in [0.717, 1.165) is 17.5 Å². The van der Waals surface area contributed by atoms with Crippen molar-refractivity contribution in [2.75, 3.05) is 5.32 Å². The molecule has 2 aromatic heterocycles. The number of aryl methyl sites for hydroxylation is 2. The molecule has 0 aliphatic rings. The van der Waals surface area contributed by atoms with E-state index in [-0.39, 0.29) is 23.3 Å². The van der Waals surface area contributed by atoms with E-state index in [4.69, 9.17) is 20.8 Å². The van der Waals surface area contributed by atoms with Crippen LogP contribution in [0.15, 0.2) is 34.7 Å². The van der Waals surface area contributed by atoms with E-state index in [1.807, 2.05) is 13.8 Å². The normalized spacial score (nSPS) is 10.8. The number of halogens is 2. The van der Waals surface area contributed by atoms with Gasteiger partial charge in [0.25, 0.3) is 5.91 Å². The Morgan fingerprint density at radius 1 is 1.35 bits per heavy atom. The second-order valence-electron chi connectivity index (χ2n) is 5.75. The van der Waals surface area contributed by atoms with Gasteiger partial charge in [-0.1, -0.05) is 11.6 Å². The van der Waals surface area contributed by atoms with Crippen molar-refractivity contribution in [3.8, 4) is 5.75 Å². The van der Waals surface area contributed by atoms with Gasteiger partial charge in [0.05, 0.1) is 22.1 Å². The number of carbonyl (C=O) groups excluding carboxylic acids is 1. The van der Waals surface area contributed by atoms with Crippen molar-refractivity contribution in [1.82, 2.24) is 9.78 Å². The number of ether oxygens (including phenoxy) is 1. The van der Waals surface area contributed by atoms with E-state index < -0.39 is 5.82 Å². The van der Waals surface area contributed by atoms with Crippen LogP contribution in [0.25, 0.3) is 0 Å². The van der Waals surface area contributed by atoms with Crippen LogP contribution in [0.5, 0.6) is 5.75 Å². The molecule has 8 heteroatoms. The lowest BCUT2D eigenvalue weighted by atomic mass is 10.3. The molecule has 1 N–H and O–H groups in total. The topological polar surface area (TPSA) is 69.3 Å². The highest BCUT2D eigenvalue weighted by molar-refractivity contribution is 6.32. The monoisotopic (exact) mass is 377 g/mol. The first-order valence-corrected chi connectivity index (χ1v) is 8.21. The van der Waals surface area contributed by atoms with Gasteiger partial charge in [-0.3, -0.25) is 9.48 Å². The standard InChI is InChI=1S/C18H17ClFN3O3/c1-10-17(11(2)23(3)22-10)21-18(24)16-7-5-13(26-16)9-25-15-6-4-12(20)8-14(15)19/h4-8H,9H2,1-3H3,(H,21,24). The van der Waals surface area contributed by atoms with Gasteiger partial charge in [-0.15, -0.1) is 0 Å². The molecule has 6 nitrogen and oxygen atoms in total. The highest BCUT2D eigenvalue weighted by Crippen LogP contribution is 2.26. The van der Waals surface area contributed by atoms with Crippen LogP contribution in [0.3, 0.4) is 0 Å². The van der Waals surface area contributed by atoms with Crippen LogP contribution < -0.4 is 10.1 Å². The van der Waals surface area contributed by atoms with E-state index in [2.05, 4.69) is 10.4 Å². The fraction of sp³-hybridized carbons (Fsp3) is 0.222. The quantitative estimate of drug-likeness (QED) is 0.721. The molecular weight excluding hydrogens is 361 g/mol. The van der Waals surface area contributed by atoms with E-state index in [0.29, 0.717) is 17.2 Å². The number of rotatable bonds is 5. The number of hydrogen-bond acceptors (Lipinski definition) is 4. The first kappa shape index (κ1) is 18.0. The number of nitrogens with zero attached hydrogens (tertiary/aromatic N) is 2. The van der Waals surface area contributed by atoms with Crippen LogP contribution >= 0.6 is 11.6 Å². The van der Waals surface area contributed by atoms with Crippen molar-refractivity contribution in [2.24, 2.45) is 7.05 Å². The average Bonchev–Trinajstić information content (AvgIpc) is 3.15. The summed E-state index contributed by atoms with van der Waals surface area (Å²) in [6, 6.07) is 7.04. The summed E-state index contributed by atoms with van der Waals surface area (Å²) in [6.07, 6.45) is 0. The number of carbonyl (C=O) groups is 1. The number of amides is 1. The molecule has 2 heterocycles. The molecule has 0 saturated heterocycles. The van der Waals surface area contributed by atoms with Gasteiger partial charge in [-0.25, -0.2) is 4.39 Å². The van der Waals surface area contributed by atoms with E-state index in [1.54, 1.807) is 23.9 Å². The predicted octanol–water partition coefficient (Wildman–Crippen LogP) is 4.25. The molecule has 0 fully saturated rings. The Morgan fingerprint density at radius 3 is 2.77 bits per heavy atom. The fourth-order valence-corrected chi connectivity index (χ4v) is 2.67. The van der Waals surface area contributed by atoms with Crippen molar-refractivity contribution in [1.29, 1.82) is 0 Å². The Kier molecular flexibility index (Phi) is 4.99. The number of benzene rings is 1. The molecule has 0 atom stereocenters. The van der Waals surface area contributed by atoms with Crippen LogP contribution in [0.2, 0.25) is 5.02 Å². The zero-order chi connectivity index (χ0) is 18.8. The van der Waals surface area contributed by atoms with Gasteiger partial charge in [0.2, 0.25) is 0 Å². The second-order valence-corrected chi connectivity index (χ2v) is 6.16. The highest BCUT2D eigenvalue weighted by Gasteiger charge is 2.17. The maximum Gasteiger partial charge on any atom is 0.291 e. The summed E-state index contributed by atoms with van der Waals surface area (Å²) in [5.74, 6) is 0.0965. The number of aromatic nitrogens is 2. The Morgan fingerprint density at radius 2 is 2.12 bits per heavy atom. The van der Waals surface area contributed by atoms with Crippen molar-refractivity contribution >= 4 is 23.2 Å². The van der Waals surface area contributed by atoms with Gasteiger partial charge >= 0.3 is 0 Å². The van der Waals surface area contributed by atoms with Gasteiger partial charge in [-0.05, 0) is 44.2 Å². The summed E-state index contributed by atoms with van der Waals surface area (Å²) in [4.78, 5) is 12.4. The molecule has 0 aliphatic heterocycles. The second kappa shape index (κ2) is 7.21. The van der Waals surface area contributed by atoms with Crippen molar-refractivity contribution in [2.45, 2.75) is 20.5 Å². The summed E-state index contributed by atoms with van der Waals surface area (Å²) in [7, 11) is 1.81. The maximum absolute atomic E-state index is 13.0. The summed E-state index contributed by atoms with van der Waals surface area (Å²) in [5.41, 5.74) is 2.22. The molecule has 0 bridgehead atoms. The van der Waals surface area contributed by atoms with Crippen molar-refractivity contribution in [3.05, 3.63) is 64.1 Å². The number of nitrogens with one attached hydrogen (secondary N) is 1. The molecule has 3 aromatic rings. The molecule has 1 aromatic carbocycles. The van der Waals surface area contributed by atoms with E-state index >= 15 is 0 Å². The minimum Gasteiger partial charge on any atom is -0.484 e. The molecule has 0 radical (unpaired) electrons. The lowest BCUT2D eigenvalue weighted by Gasteiger charge is -2.06. The third kappa shape index (κ3) is 3.72. The molecule has 0 unspecified atom stereocenters. The fourth-order valence-electron chi connectivity index (χ4n) is 2.45. The molecule has 3 rings (SSSR count). The zero-order valence-corrected chi connectivity index (χ0v) is 15.2. The van der Waals surface area contributed by atoms with Crippen molar-refractivity contribution < 1.29 is 18.3 Å². The van der Waals surface area contributed by atoms with Crippen LogP contribution in [0, 0.1) is 19.7 Å². The SMILES string of the molecule is Cc1nn(C)c(C)c1NC(=O)c1ccc(COc2ccc(F)cc2Cl)o1. The zero-order valence-electron chi connectivity index (χ0n) is 14.5. The molecule has 0 spiro atoms. The molecular formula is C18H17ClFN3O3. The van der Waals surface area contributed by atoms with Gasteiger partial charge in [-0.2, -0.15) is 5.10 Å². The Hall–Kier alpha value is -2.80. The van der Waals surface area contributed by atoms with Crippen LogP contribution in [-0.4, -0.2) is 15.7 Å². The summed E-state index contributed by atoms with van der Waals surface area (Å²) < 4.78 is 25.7. The largest absolute Gasteiger partial charge is 0.484 e. The smallest absolute Gasteiger partial charge is 0.291 e. The summed E-state index contributed by atoms with van der Waals surface area (Å²) in [6.45, 7) is 3.74. The molecule has 26 heavy (non-hydrogen) atoms. The molecule has 0 aliphatic carbocycles. The third-order valence-electron chi connectivity index (χ3n) is 3.90. The number of furan rings is 1. The lowest BCUT2D eigenvalue weighted by molar-refractivity contribution is 0.0992. The summed E-state index contributed by atoms with van der Waals surface area (Å²) >= 11 is 5.91. The Bertz CT molecular complexity index is 965. The first-order valence-electron chi connectivity index (χ1n) is 7.83. The predicted molar refractivity (Wildman–Crippen MR) is 95.1 cm³/mol. The maximum atomic E-state index is 13.0. The minimum atomic E-state index is -0.444. The van der Waals surface area contributed by atoms with Crippen LogP contribution in [0.4, 0.5) is 10.1 Å². The average molecular weight is 378 g/mol. The minimum absolute atomic E-state index is 0.0591. The van der Waals surface area contributed by atoms with Gasteiger partial charge in [0.15, 0.2) is 5.76 Å². The third-order valence-corrected chi connectivity index (χ3v) is 4.19.